The number of benzene rings is 2. The molecule has 0 aliphatic rings. The highest BCUT2D eigenvalue weighted by Crippen LogP contribution is 2.30. The minimum atomic E-state index is -4.23. The molecule has 2 aromatic rings. The molecule has 88 valence electrons. The van der Waals surface area contributed by atoms with Crippen molar-refractivity contribution in [1.29, 1.82) is 0 Å². The third-order valence-electron chi connectivity index (χ3n) is 2.60. The lowest BCUT2D eigenvalue weighted by Crippen LogP contribution is -2.02. The Morgan fingerprint density at radius 2 is 1.82 bits per heavy atom. The van der Waals surface area contributed by atoms with E-state index < -0.39 is 10.1 Å². The molecule has 0 amide bonds. The van der Waals surface area contributed by atoms with Gasteiger partial charge in [-0.05, 0) is 29.3 Å². The summed E-state index contributed by atoms with van der Waals surface area (Å²) >= 11 is 0. The van der Waals surface area contributed by atoms with Crippen LogP contribution in [0.4, 0.5) is 0 Å². The van der Waals surface area contributed by atoms with E-state index in [1.165, 1.54) is 6.07 Å². The van der Waals surface area contributed by atoms with Gasteiger partial charge in [0.1, 0.15) is 4.90 Å². The summed E-state index contributed by atoms with van der Waals surface area (Å²) in [6, 6.07) is 10.5. The first-order valence-corrected chi connectivity index (χ1v) is 6.50. The van der Waals surface area contributed by atoms with Gasteiger partial charge in [0.05, 0.1) is 0 Å². The van der Waals surface area contributed by atoms with Crippen LogP contribution in [0.1, 0.15) is 12.5 Å². The minimum absolute atomic E-state index is 0.0938. The largest absolute Gasteiger partial charge is 0.295 e. The van der Waals surface area contributed by atoms with Crippen LogP contribution in [-0.2, 0) is 10.1 Å². The molecule has 17 heavy (non-hydrogen) atoms. The predicted octanol–water partition coefficient (Wildman–Crippen LogP) is 3.12. The third kappa shape index (κ3) is 2.09. The van der Waals surface area contributed by atoms with Crippen LogP contribution in [-0.4, -0.2) is 13.0 Å². The molecule has 0 heterocycles. The molecule has 2 rings (SSSR count). The maximum atomic E-state index is 11.3. The van der Waals surface area contributed by atoms with E-state index >= 15 is 0 Å². The van der Waals surface area contributed by atoms with Crippen molar-refractivity contribution < 1.29 is 13.0 Å². The minimum Gasteiger partial charge on any atom is -0.282 e. The van der Waals surface area contributed by atoms with Crippen LogP contribution in [0.15, 0.2) is 47.9 Å². The summed E-state index contributed by atoms with van der Waals surface area (Å²) in [5.41, 5.74) is 1.08. The maximum Gasteiger partial charge on any atom is 0.295 e. The van der Waals surface area contributed by atoms with Gasteiger partial charge in [-0.25, -0.2) is 0 Å². The molecule has 0 saturated heterocycles. The fraction of sp³-hybridized carbons (Fsp3) is 0.0769. The first-order valence-electron chi connectivity index (χ1n) is 5.06. The first-order chi connectivity index (χ1) is 7.91. The van der Waals surface area contributed by atoms with Gasteiger partial charge in [-0.3, -0.25) is 4.55 Å². The lowest BCUT2D eigenvalue weighted by atomic mass is 10.0. The van der Waals surface area contributed by atoms with Gasteiger partial charge in [-0.2, -0.15) is 8.42 Å². The Morgan fingerprint density at radius 1 is 1.18 bits per heavy atom. The van der Waals surface area contributed by atoms with E-state index in [-0.39, 0.29) is 4.90 Å². The van der Waals surface area contributed by atoms with Crippen LogP contribution < -0.4 is 0 Å². The summed E-state index contributed by atoms with van der Waals surface area (Å²) in [5, 5.41) is 1.69. The molecule has 0 spiro atoms. The van der Waals surface area contributed by atoms with Crippen molar-refractivity contribution in [2.45, 2.75) is 11.8 Å². The molecule has 0 radical (unpaired) electrons. The third-order valence-corrected chi connectivity index (χ3v) is 3.49. The van der Waals surface area contributed by atoms with E-state index in [9.17, 15) is 13.0 Å². The average Bonchev–Trinajstić information content (AvgIpc) is 2.26. The van der Waals surface area contributed by atoms with Gasteiger partial charge in [0.15, 0.2) is 0 Å². The normalized spacial score (nSPS) is 11.6. The van der Waals surface area contributed by atoms with Crippen molar-refractivity contribution in [2.75, 3.05) is 0 Å². The monoisotopic (exact) mass is 248 g/mol. The topological polar surface area (TPSA) is 54.4 Å². The van der Waals surface area contributed by atoms with E-state index in [1.54, 1.807) is 13.0 Å². The summed E-state index contributed by atoms with van der Waals surface area (Å²) < 4.78 is 31.8. The molecule has 0 aliphatic heterocycles. The Bertz CT molecular complexity index is 700. The molecule has 0 aromatic heterocycles. The summed E-state index contributed by atoms with van der Waals surface area (Å²) in [6.07, 6.45) is 0. The van der Waals surface area contributed by atoms with Crippen LogP contribution in [0.25, 0.3) is 16.3 Å². The van der Waals surface area contributed by atoms with Gasteiger partial charge in [-0.15, -0.1) is 0 Å². The molecule has 2 aromatic carbocycles. The lowest BCUT2D eigenvalue weighted by molar-refractivity contribution is 0.483. The molecule has 0 unspecified atom stereocenters. The standard InChI is InChI=1S/C13H12O3S/c1-9(2)13-11-6-4-3-5-10(11)7-8-12(13)17(14,15)16/h3-8H,1H2,2H3,(H,14,15,16). The van der Waals surface area contributed by atoms with Crippen LogP contribution in [0.3, 0.4) is 0 Å². The first kappa shape index (κ1) is 11.8. The van der Waals surface area contributed by atoms with Gasteiger partial charge in [-0.1, -0.05) is 36.9 Å². The zero-order valence-electron chi connectivity index (χ0n) is 9.34. The summed E-state index contributed by atoms with van der Waals surface area (Å²) in [6.45, 7) is 5.49. The number of hydrogen-bond acceptors (Lipinski definition) is 2. The SMILES string of the molecule is C=C(C)c1c(S(=O)(=O)O)ccc2ccccc12. The zero-order valence-corrected chi connectivity index (χ0v) is 10.2. The number of allylic oxidation sites excluding steroid dienone is 1. The summed E-state index contributed by atoms with van der Waals surface area (Å²) in [7, 11) is -4.23. The molecule has 0 fully saturated rings. The molecule has 0 aliphatic carbocycles. The summed E-state index contributed by atoms with van der Waals surface area (Å²) in [4.78, 5) is -0.0938. The average molecular weight is 248 g/mol. The van der Waals surface area contributed by atoms with Crippen LogP contribution in [0.5, 0.6) is 0 Å². The van der Waals surface area contributed by atoms with Crippen molar-refractivity contribution >= 4 is 26.5 Å². The maximum absolute atomic E-state index is 11.3. The fourth-order valence-corrected chi connectivity index (χ4v) is 2.69. The van der Waals surface area contributed by atoms with E-state index in [2.05, 4.69) is 6.58 Å². The Kier molecular flexibility index (Phi) is 2.77. The van der Waals surface area contributed by atoms with Gasteiger partial charge in [0.25, 0.3) is 10.1 Å². The van der Waals surface area contributed by atoms with E-state index in [4.69, 9.17) is 0 Å². The van der Waals surface area contributed by atoms with E-state index in [0.717, 1.165) is 10.8 Å². The second kappa shape index (κ2) is 3.98. The van der Waals surface area contributed by atoms with Crippen LogP contribution in [0, 0.1) is 0 Å². The van der Waals surface area contributed by atoms with Gasteiger partial charge in [0.2, 0.25) is 0 Å². The molecule has 0 atom stereocenters. The van der Waals surface area contributed by atoms with Gasteiger partial charge in [0, 0.05) is 5.56 Å². The van der Waals surface area contributed by atoms with Gasteiger partial charge < -0.3 is 0 Å². The predicted molar refractivity (Wildman–Crippen MR) is 68.5 cm³/mol. The second-order valence-corrected chi connectivity index (χ2v) is 5.31. The second-order valence-electron chi connectivity index (χ2n) is 3.92. The Hall–Kier alpha value is -1.65. The van der Waals surface area contributed by atoms with Crippen molar-refractivity contribution in [1.82, 2.24) is 0 Å². The molecular weight excluding hydrogens is 236 g/mol. The quantitative estimate of drug-likeness (QED) is 0.831. The highest BCUT2D eigenvalue weighted by molar-refractivity contribution is 7.86. The lowest BCUT2D eigenvalue weighted by Gasteiger charge is -2.10. The zero-order chi connectivity index (χ0) is 12.6. The van der Waals surface area contributed by atoms with Crippen LogP contribution >= 0.6 is 0 Å². The van der Waals surface area contributed by atoms with Crippen molar-refractivity contribution in [3.8, 4) is 0 Å². The fourth-order valence-electron chi connectivity index (χ4n) is 1.91. The molecular formula is C13H12O3S. The van der Waals surface area contributed by atoms with E-state index in [0.29, 0.717) is 11.1 Å². The molecule has 0 bridgehead atoms. The Labute approximate surface area is 100 Å². The number of fused-ring (bicyclic) bond motifs is 1. The van der Waals surface area contributed by atoms with Crippen molar-refractivity contribution in [3.63, 3.8) is 0 Å². The van der Waals surface area contributed by atoms with Crippen molar-refractivity contribution in [3.05, 3.63) is 48.5 Å². The summed E-state index contributed by atoms with van der Waals surface area (Å²) in [5.74, 6) is 0. The smallest absolute Gasteiger partial charge is 0.282 e. The van der Waals surface area contributed by atoms with E-state index in [1.807, 2.05) is 24.3 Å². The van der Waals surface area contributed by atoms with Crippen molar-refractivity contribution in [2.24, 2.45) is 0 Å². The highest BCUT2D eigenvalue weighted by atomic mass is 32.2. The highest BCUT2D eigenvalue weighted by Gasteiger charge is 2.17. The molecule has 4 heteroatoms. The Morgan fingerprint density at radius 3 is 2.41 bits per heavy atom. The molecule has 3 nitrogen and oxygen atoms in total. The molecule has 1 N–H and O–H groups in total. The molecule has 0 saturated carbocycles. The van der Waals surface area contributed by atoms with Crippen LogP contribution in [0.2, 0.25) is 0 Å². The number of rotatable bonds is 2. The number of hydrogen-bond donors (Lipinski definition) is 1. The van der Waals surface area contributed by atoms with Gasteiger partial charge >= 0.3 is 0 Å². The Balaban J connectivity index is 2.98.